The summed E-state index contributed by atoms with van der Waals surface area (Å²) in [4.78, 5) is 84.4. The van der Waals surface area contributed by atoms with Crippen LogP contribution in [0.15, 0.2) is 53.6 Å². The van der Waals surface area contributed by atoms with Crippen molar-refractivity contribution in [3.63, 3.8) is 0 Å². The highest BCUT2D eigenvalue weighted by Gasteiger charge is 2.27. The Kier molecular flexibility index (Phi) is 19.2. The van der Waals surface area contributed by atoms with Gasteiger partial charge in [0.15, 0.2) is 10.9 Å². The Labute approximate surface area is 415 Å². The van der Waals surface area contributed by atoms with Gasteiger partial charge in [0.05, 0.1) is 80.7 Å². The number of nitrogens with zero attached hydrogens (tertiary/aromatic N) is 8. The smallest absolute Gasteiger partial charge is 0.348 e. The summed E-state index contributed by atoms with van der Waals surface area (Å²) in [6, 6.07) is 10.9. The predicted octanol–water partition coefficient (Wildman–Crippen LogP) is 5.29. The molecule has 0 radical (unpaired) electrons. The van der Waals surface area contributed by atoms with Crippen molar-refractivity contribution in [3.05, 3.63) is 91.6 Å². The first-order chi connectivity index (χ1) is 34.5. The number of ketones is 1. The van der Waals surface area contributed by atoms with E-state index >= 15 is 0 Å². The number of nitro groups is 1. The summed E-state index contributed by atoms with van der Waals surface area (Å²) in [6.07, 6.45) is 7.96. The van der Waals surface area contributed by atoms with Crippen molar-refractivity contribution in [1.82, 2.24) is 34.7 Å². The van der Waals surface area contributed by atoms with Gasteiger partial charge in [0, 0.05) is 69.2 Å². The van der Waals surface area contributed by atoms with Gasteiger partial charge in [-0.3, -0.25) is 44.1 Å². The fourth-order valence-corrected chi connectivity index (χ4v) is 9.30. The van der Waals surface area contributed by atoms with E-state index in [1.807, 2.05) is 18.2 Å². The second-order valence-corrected chi connectivity index (χ2v) is 18.1. The standard InChI is InChI=1S/C48H62N12O10S/c1-32-38-30-52-47(55-43(38)59(35-9-4-5-10-35)45(64)42(32)34(3)61)54-40-14-13-36(29-51-40)58-19-17-57(18-20-58)31-41(62)50-16-22-68-24-26-70-28-27-69-25-23-67-21-8-15-49-39-12-7-6-11-37(39)44(63)56-48-53-33(2)46(71-48)60(65)66/h6-7,11-14,29-30,35,49H,4-5,8-10,15-28,31H2,1-3H3,(H,50,62)(H,53,56,63)(H,51,52,54,55). The number of carbonyl (C=O) groups excluding carboxylic acids is 3. The molecule has 2 aliphatic rings. The number of pyridine rings is 2. The van der Waals surface area contributed by atoms with E-state index in [0.717, 1.165) is 68.9 Å². The lowest BCUT2D eigenvalue weighted by Gasteiger charge is -2.35. The third kappa shape index (κ3) is 14.5. The number of nitrogens with one attached hydrogen (secondary N) is 4. The molecule has 5 aromatic rings. The molecule has 4 N–H and O–H groups in total. The van der Waals surface area contributed by atoms with Gasteiger partial charge in [0.1, 0.15) is 17.2 Å². The molecule has 71 heavy (non-hydrogen) atoms. The fourth-order valence-electron chi connectivity index (χ4n) is 8.53. The third-order valence-electron chi connectivity index (χ3n) is 12.1. The van der Waals surface area contributed by atoms with Crippen molar-refractivity contribution in [2.75, 3.05) is 120 Å². The second-order valence-electron chi connectivity index (χ2n) is 17.1. The zero-order valence-electron chi connectivity index (χ0n) is 40.4. The summed E-state index contributed by atoms with van der Waals surface area (Å²) in [5.74, 6) is 0.160. The van der Waals surface area contributed by atoms with Crippen LogP contribution in [0, 0.1) is 24.0 Å². The third-order valence-corrected chi connectivity index (χ3v) is 13.2. The van der Waals surface area contributed by atoms with Crippen LogP contribution in [0.4, 0.5) is 33.3 Å². The summed E-state index contributed by atoms with van der Waals surface area (Å²) in [5.41, 5.74) is 3.29. The molecular formula is C48H62N12O10S. The highest BCUT2D eigenvalue weighted by molar-refractivity contribution is 7.19. The molecule has 0 unspecified atom stereocenters. The van der Waals surface area contributed by atoms with Crippen molar-refractivity contribution >= 4 is 73.2 Å². The lowest BCUT2D eigenvalue weighted by Crippen LogP contribution is -2.49. The van der Waals surface area contributed by atoms with Crippen molar-refractivity contribution in [1.29, 1.82) is 0 Å². The molecule has 380 valence electrons. The molecular weight excluding hydrogens is 937 g/mol. The Bertz CT molecular complexity index is 2670. The summed E-state index contributed by atoms with van der Waals surface area (Å²) in [6.45, 7) is 12.3. The number of anilines is 5. The van der Waals surface area contributed by atoms with E-state index in [1.165, 1.54) is 13.8 Å². The monoisotopic (exact) mass is 998 g/mol. The van der Waals surface area contributed by atoms with Crippen molar-refractivity contribution in [3.8, 4) is 0 Å². The summed E-state index contributed by atoms with van der Waals surface area (Å²) >= 11 is 0.819. The topological polar surface area (TPSA) is 259 Å². The zero-order valence-corrected chi connectivity index (χ0v) is 41.2. The number of rotatable bonds is 27. The molecule has 0 bridgehead atoms. The zero-order chi connectivity index (χ0) is 50.1. The molecule has 2 fully saturated rings. The Balaban J connectivity index is 0.684. The molecule has 0 spiro atoms. The number of thiazole rings is 1. The van der Waals surface area contributed by atoms with Crippen molar-refractivity contribution in [2.24, 2.45) is 0 Å². The van der Waals surface area contributed by atoms with E-state index < -0.39 is 10.8 Å². The Hall–Kier alpha value is -6.50. The van der Waals surface area contributed by atoms with Gasteiger partial charge in [-0.25, -0.2) is 15.0 Å². The number of ether oxygens (including phenoxy) is 4. The van der Waals surface area contributed by atoms with E-state index in [2.05, 4.69) is 46.0 Å². The van der Waals surface area contributed by atoms with Crippen molar-refractivity contribution in [2.45, 2.75) is 58.9 Å². The molecule has 0 atom stereocenters. The number of fused-ring (bicyclic) bond motifs is 1. The van der Waals surface area contributed by atoms with Gasteiger partial charge in [-0.15, -0.1) is 0 Å². The first-order valence-corrected chi connectivity index (χ1v) is 24.8. The van der Waals surface area contributed by atoms with Crippen LogP contribution in [-0.2, 0) is 23.7 Å². The van der Waals surface area contributed by atoms with Gasteiger partial charge < -0.3 is 39.8 Å². The Morgan fingerprint density at radius 2 is 1.54 bits per heavy atom. The largest absolute Gasteiger partial charge is 0.384 e. The van der Waals surface area contributed by atoms with Crippen LogP contribution in [-0.4, -0.2) is 151 Å². The number of para-hydroxylation sites is 1. The number of carbonyl (C=O) groups is 3. The molecule has 1 aromatic carbocycles. The van der Waals surface area contributed by atoms with E-state index in [4.69, 9.17) is 23.9 Å². The molecule has 1 aliphatic carbocycles. The normalized spacial score (nSPS) is 14.2. The van der Waals surface area contributed by atoms with Gasteiger partial charge >= 0.3 is 5.00 Å². The lowest BCUT2D eigenvalue weighted by molar-refractivity contribution is -0.380. The molecule has 1 saturated carbocycles. The Morgan fingerprint density at radius 3 is 2.20 bits per heavy atom. The SMILES string of the molecule is CC(=O)c1c(C)c2cnc(Nc3ccc(N4CCN(CC(=O)NCCOCCOCCOCCOCCCNc5ccccc5C(=O)Nc5nc(C)c([N+](=O)[O-])s5)CC4)cn3)nc2n(C2CCCC2)c1=O. The van der Waals surface area contributed by atoms with Crippen LogP contribution in [0.5, 0.6) is 0 Å². The average Bonchev–Trinajstić information content (AvgIpc) is 4.03. The first kappa shape index (κ1) is 52.3. The number of benzene rings is 1. The second kappa shape index (κ2) is 26.1. The number of aromatic nitrogens is 5. The number of hydrogen-bond donors (Lipinski definition) is 4. The van der Waals surface area contributed by atoms with Gasteiger partial charge in [-0.2, -0.15) is 4.98 Å². The number of amides is 2. The average molecular weight is 999 g/mol. The quantitative estimate of drug-likeness (QED) is 0.0226. The highest BCUT2D eigenvalue weighted by atomic mass is 32.1. The molecule has 23 heteroatoms. The van der Waals surface area contributed by atoms with E-state index in [1.54, 1.807) is 42.1 Å². The van der Waals surface area contributed by atoms with Crippen LogP contribution in [0.3, 0.4) is 0 Å². The molecule has 2 amide bonds. The minimum absolute atomic E-state index is 0.00627. The van der Waals surface area contributed by atoms with Crippen LogP contribution in [0.1, 0.15) is 77.0 Å². The maximum Gasteiger partial charge on any atom is 0.348 e. The van der Waals surface area contributed by atoms with Crippen LogP contribution in [0.25, 0.3) is 11.0 Å². The first-order valence-electron chi connectivity index (χ1n) is 23.9. The van der Waals surface area contributed by atoms with E-state index in [9.17, 15) is 29.3 Å². The molecule has 1 saturated heterocycles. The summed E-state index contributed by atoms with van der Waals surface area (Å²) < 4.78 is 24.1. The maximum absolute atomic E-state index is 13.6. The van der Waals surface area contributed by atoms with Crippen LogP contribution in [0.2, 0.25) is 0 Å². The number of hydrogen-bond acceptors (Lipinski definition) is 19. The number of Topliss-reactive ketones (excluding diaryl/α,β-unsaturated/α-hetero) is 1. The summed E-state index contributed by atoms with van der Waals surface area (Å²) in [7, 11) is 0. The number of piperazine rings is 1. The van der Waals surface area contributed by atoms with Crippen molar-refractivity contribution < 1.29 is 38.3 Å². The molecule has 4 aromatic heterocycles. The van der Waals surface area contributed by atoms with Crippen LogP contribution < -0.4 is 31.7 Å². The molecule has 7 rings (SSSR count). The van der Waals surface area contributed by atoms with Crippen LogP contribution >= 0.6 is 11.3 Å². The molecule has 1 aliphatic heterocycles. The lowest BCUT2D eigenvalue weighted by atomic mass is 10.0. The van der Waals surface area contributed by atoms with Gasteiger partial charge in [-0.1, -0.05) is 25.0 Å². The van der Waals surface area contributed by atoms with E-state index in [-0.39, 0.29) is 44.7 Å². The van der Waals surface area contributed by atoms with E-state index in [0.29, 0.717) is 119 Å². The highest BCUT2D eigenvalue weighted by Crippen LogP contribution is 2.33. The Morgan fingerprint density at radius 1 is 0.845 bits per heavy atom. The maximum atomic E-state index is 13.6. The fraction of sp³-hybridized carbons (Fsp3) is 0.500. The number of aryl methyl sites for hydroxylation is 2. The molecule has 5 heterocycles. The minimum Gasteiger partial charge on any atom is -0.384 e. The minimum atomic E-state index is -0.516. The molecule has 22 nitrogen and oxygen atoms in total. The summed E-state index contributed by atoms with van der Waals surface area (Å²) in [5, 5.41) is 23.9. The van der Waals surface area contributed by atoms with Gasteiger partial charge in [0.25, 0.3) is 11.5 Å². The van der Waals surface area contributed by atoms with Gasteiger partial charge in [0.2, 0.25) is 11.9 Å². The van der Waals surface area contributed by atoms with Gasteiger partial charge in [-0.05, 0) is 81.2 Å². The predicted molar refractivity (Wildman–Crippen MR) is 270 cm³/mol.